The summed E-state index contributed by atoms with van der Waals surface area (Å²) in [4.78, 5) is 9.81. The highest BCUT2D eigenvalue weighted by Crippen LogP contribution is 2.19. The van der Waals surface area contributed by atoms with Gasteiger partial charge in [-0.15, -0.1) is 0 Å². The third kappa shape index (κ3) is 1.97. The lowest BCUT2D eigenvalue weighted by molar-refractivity contribution is -0.128. The first-order valence-electron chi connectivity index (χ1n) is 3.29. The van der Waals surface area contributed by atoms with Gasteiger partial charge in [-0.05, 0) is 15.9 Å². The normalized spacial score (nSPS) is 9.75. The number of nitrogens with two attached hydrogens (primary N) is 1. The Balaban J connectivity index is 2.55. The predicted molar refractivity (Wildman–Crippen MR) is 46.4 cm³/mol. The van der Waals surface area contributed by atoms with Crippen LogP contribution in [0.5, 0.6) is 0 Å². The molecule has 66 valence electrons. The van der Waals surface area contributed by atoms with Crippen LogP contribution in [0.1, 0.15) is 5.56 Å². The van der Waals surface area contributed by atoms with E-state index in [1.807, 2.05) is 0 Å². The average Bonchev–Trinajstić information content (AvgIpc) is 2.35. The van der Waals surface area contributed by atoms with E-state index in [0.717, 1.165) is 5.56 Å². The number of nitrogens with one attached hydrogen (secondary N) is 1. The van der Waals surface area contributed by atoms with Crippen molar-refractivity contribution in [3.8, 4) is 0 Å². The molecule has 0 spiro atoms. The maximum absolute atomic E-state index is 9.81. The SMILES string of the molecule is Nc1[nH]nc(Br)c1CCOC=O. The molecule has 1 heterocycles. The van der Waals surface area contributed by atoms with E-state index in [9.17, 15) is 4.79 Å². The Morgan fingerprint density at radius 1 is 1.75 bits per heavy atom. The van der Waals surface area contributed by atoms with Crippen LogP contribution in [0.3, 0.4) is 0 Å². The first kappa shape index (κ1) is 9.05. The van der Waals surface area contributed by atoms with Gasteiger partial charge in [-0.2, -0.15) is 5.10 Å². The number of H-pyrrole nitrogens is 1. The summed E-state index contributed by atoms with van der Waals surface area (Å²) in [7, 11) is 0. The maximum atomic E-state index is 9.81. The Bertz CT molecular complexity index is 254. The number of nitrogens with zero attached hydrogens (tertiary/aromatic N) is 1. The van der Waals surface area contributed by atoms with E-state index in [1.165, 1.54) is 0 Å². The number of aromatic amines is 1. The third-order valence-electron chi connectivity index (χ3n) is 1.39. The Hall–Kier alpha value is -1.04. The van der Waals surface area contributed by atoms with Gasteiger partial charge in [-0.3, -0.25) is 9.89 Å². The van der Waals surface area contributed by atoms with Crippen LogP contribution in [0.4, 0.5) is 5.82 Å². The quantitative estimate of drug-likeness (QED) is 0.586. The summed E-state index contributed by atoms with van der Waals surface area (Å²) in [5.41, 5.74) is 6.36. The van der Waals surface area contributed by atoms with E-state index in [1.54, 1.807) is 0 Å². The van der Waals surface area contributed by atoms with Crippen molar-refractivity contribution in [1.82, 2.24) is 10.2 Å². The van der Waals surface area contributed by atoms with E-state index < -0.39 is 0 Å². The van der Waals surface area contributed by atoms with E-state index in [2.05, 4.69) is 30.9 Å². The molecule has 0 unspecified atom stereocenters. The third-order valence-corrected chi connectivity index (χ3v) is 2.04. The lowest BCUT2D eigenvalue weighted by Crippen LogP contribution is -1.99. The van der Waals surface area contributed by atoms with Gasteiger partial charge in [0.15, 0.2) is 0 Å². The van der Waals surface area contributed by atoms with Gasteiger partial charge in [0.1, 0.15) is 10.4 Å². The van der Waals surface area contributed by atoms with Crippen LogP contribution < -0.4 is 5.73 Å². The summed E-state index contributed by atoms with van der Waals surface area (Å²) in [6.45, 7) is 0.718. The van der Waals surface area contributed by atoms with Gasteiger partial charge in [-0.25, -0.2) is 0 Å². The van der Waals surface area contributed by atoms with Gasteiger partial charge in [0, 0.05) is 12.0 Å². The van der Waals surface area contributed by atoms with Crippen LogP contribution in [-0.4, -0.2) is 23.3 Å². The zero-order valence-corrected chi connectivity index (χ0v) is 7.80. The van der Waals surface area contributed by atoms with E-state index >= 15 is 0 Å². The number of rotatable bonds is 4. The van der Waals surface area contributed by atoms with E-state index in [4.69, 9.17) is 5.73 Å². The van der Waals surface area contributed by atoms with Crippen LogP contribution in [0, 0.1) is 0 Å². The number of anilines is 1. The van der Waals surface area contributed by atoms with Gasteiger partial charge >= 0.3 is 0 Å². The van der Waals surface area contributed by atoms with Crippen molar-refractivity contribution in [3.63, 3.8) is 0 Å². The lowest BCUT2D eigenvalue weighted by atomic mass is 10.2. The van der Waals surface area contributed by atoms with Crippen LogP contribution in [-0.2, 0) is 16.0 Å². The summed E-state index contributed by atoms with van der Waals surface area (Å²) < 4.78 is 5.18. The zero-order chi connectivity index (χ0) is 8.97. The first-order valence-corrected chi connectivity index (χ1v) is 4.08. The Morgan fingerprint density at radius 2 is 2.50 bits per heavy atom. The van der Waals surface area contributed by atoms with Gasteiger partial charge in [0.25, 0.3) is 6.47 Å². The molecular formula is C6H8BrN3O2. The summed E-state index contributed by atoms with van der Waals surface area (Å²) in [5, 5.41) is 6.42. The molecule has 0 aromatic carbocycles. The highest BCUT2D eigenvalue weighted by molar-refractivity contribution is 9.10. The Morgan fingerprint density at radius 3 is 3.00 bits per heavy atom. The molecule has 0 radical (unpaired) electrons. The summed E-state index contributed by atoms with van der Waals surface area (Å²) in [5.74, 6) is 0.497. The van der Waals surface area contributed by atoms with Crippen molar-refractivity contribution >= 4 is 28.2 Å². The number of carbonyl (C=O) groups is 1. The standard InChI is InChI=1S/C6H8BrN3O2/c7-5-4(1-2-12-3-11)6(8)10-9-5/h3H,1-2H2,(H3,8,9,10). The molecule has 0 saturated carbocycles. The second-order valence-electron chi connectivity index (χ2n) is 2.12. The number of ether oxygens (including phenoxy) is 1. The summed E-state index contributed by atoms with van der Waals surface area (Å²) in [6.07, 6.45) is 0.557. The fourth-order valence-corrected chi connectivity index (χ4v) is 1.30. The number of carbonyl (C=O) groups excluding carboxylic acids is 1. The number of aromatic nitrogens is 2. The molecule has 1 rings (SSSR count). The van der Waals surface area contributed by atoms with Crippen LogP contribution in [0.2, 0.25) is 0 Å². The highest BCUT2D eigenvalue weighted by atomic mass is 79.9. The fraction of sp³-hybridized carbons (Fsp3) is 0.333. The molecule has 1 aromatic heterocycles. The molecular weight excluding hydrogens is 226 g/mol. The monoisotopic (exact) mass is 233 g/mol. The van der Waals surface area contributed by atoms with Crippen molar-refractivity contribution in [3.05, 3.63) is 10.2 Å². The Labute approximate surface area is 77.4 Å². The van der Waals surface area contributed by atoms with E-state index in [-0.39, 0.29) is 0 Å². The smallest absolute Gasteiger partial charge is 0.293 e. The van der Waals surface area contributed by atoms with Crippen LogP contribution in [0.25, 0.3) is 0 Å². The minimum atomic E-state index is 0.311. The van der Waals surface area contributed by atoms with Crippen LogP contribution >= 0.6 is 15.9 Å². The molecule has 1 aromatic rings. The van der Waals surface area contributed by atoms with Crippen molar-refractivity contribution in [1.29, 1.82) is 0 Å². The van der Waals surface area contributed by atoms with Crippen molar-refractivity contribution < 1.29 is 9.53 Å². The zero-order valence-electron chi connectivity index (χ0n) is 6.21. The molecule has 3 N–H and O–H groups in total. The largest absolute Gasteiger partial charge is 0.468 e. The molecule has 12 heavy (non-hydrogen) atoms. The van der Waals surface area contributed by atoms with Crippen molar-refractivity contribution in [2.24, 2.45) is 0 Å². The number of nitrogen functional groups attached to an aromatic ring is 1. The maximum Gasteiger partial charge on any atom is 0.293 e. The molecule has 0 bridgehead atoms. The molecule has 0 atom stereocenters. The Kier molecular flexibility index (Phi) is 3.09. The molecule has 6 heteroatoms. The minimum absolute atomic E-state index is 0.311. The molecule has 5 nitrogen and oxygen atoms in total. The van der Waals surface area contributed by atoms with Crippen LogP contribution in [0.15, 0.2) is 4.60 Å². The molecule has 0 aliphatic carbocycles. The molecule has 0 amide bonds. The summed E-state index contributed by atoms with van der Waals surface area (Å²) in [6, 6.07) is 0. The molecule has 0 fully saturated rings. The first-order chi connectivity index (χ1) is 5.75. The van der Waals surface area contributed by atoms with E-state index in [0.29, 0.717) is 29.9 Å². The number of hydrogen-bond donors (Lipinski definition) is 2. The molecule has 0 aliphatic rings. The number of hydrogen-bond acceptors (Lipinski definition) is 4. The van der Waals surface area contributed by atoms with Gasteiger partial charge in [0.05, 0.1) is 6.61 Å². The van der Waals surface area contributed by atoms with Gasteiger partial charge < -0.3 is 10.5 Å². The second-order valence-corrected chi connectivity index (χ2v) is 2.87. The second kappa shape index (κ2) is 4.10. The van der Waals surface area contributed by atoms with Crippen molar-refractivity contribution in [2.75, 3.05) is 12.3 Å². The summed E-state index contributed by atoms with van der Waals surface area (Å²) >= 11 is 3.20. The molecule has 0 saturated heterocycles. The lowest BCUT2D eigenvalue weighted by Gasteiger charge is -1.97. The highest BCUT2D eigenvalue weighted by Gasteiger charge is 2.07. The minimum Gasteiger partial charge on any atom is -0.468 e. The predicted octanol–water partition coefficient (Wildman–Crippen LogP) is 0.470. The van der Waals surface area contributed by atoms with Crippen molar-refractivity contribution in [2.45, 2.75) is 6.42 Å². The van der Waals surface area contributed by atoms with Gasteiger partial charge in [0.2, 0.25) is 0 Å². The van der Waals surface area contributed by atoms with Gasteiger partial charge in [-0.1, -0.05) is 0 Å². The topological polar surface area (TPSA) is 81.0 Å². The fourth-order valence-electron chi connectivity index (χ4n) is 0.802. The number of halogens is 1. The molecule has 0 aliphatic heterocycles. The average molecular weight is 234 g/mol.